The van der Waals surface area contributed by atoms with E-state index in [-0.39, 0.29) is 15.9 Å². The van der Waals surface area contributed by atoms with Crippen LogP contribution in [-0.2, 0) is 4.74 Å². The standard InChI is InChI=1S/C12H7BrF2N2O4/c1-21-12(18)9-4-6(14)5-16(9)8-3-2-7(13)10(15)11(8)17(19)20/h2-5H,1H3. The van der Waals surface area contributed by atoms with Crippen molar-refractivity contribution >= 4 is 27.6 Å². The van der Waals surface area contributed by atoms with E-state index in [1.807, 2.05) is 0 Å². The number of esters is 1. The Bertz CT molecular complexity index is 745. The van der Waals surface area contributed by atoms with Crippen LogP contribution in [0.3, 0.4) is 0 Å². The van der Waals surface area contributed by atoms with Crippen molar-refractivity contribution in [3.05, 3.63) is 56.3 Å². The summed E-state index contributed by atoms with van der Waals surface area (Å²) in [4.78, 5) is 21.7. The average molecular weight is 361 g/mol. The molecule has 0 fully saturated rings. The zero-order chi connectivity index (χ0) is 15.7. The first kappa shape index (κ1) is 15.1. The van der Waals surface area contributed by atoms with Gasteiger partial charge < -0.3 is 9.30 Å². The summed E-state index contributed by atoms with van der Waals surface area (Å²) in [6.45, 7) is 0. The van der Waals surface area contributed by atoms with Crippen LogP contribution in [0.25, 0.3) is 5.69 Å². The minimum Gasteiger partial charge on any atom is -0.464 e. The molecule has 0 aliphatic heterocycles. The molecule has 0 aliphatic rings. The molecule has 6 nitrogen and oxygen atoms in total. The van der Waals surface area contributed by atoms with Gasteiger partial charge in [0.05, 0.1) is 16.5 Å². The van der Waals surface area contributed by atoms with Crippen molar-refractivity contribution in [2.45, 2.75) is 0 Å². The lowest BCUT2D eigenvalue weighted by molar-refractivity contribution is -0.387. The summed E-state index contributed by atoms with van der Waals surface area (Å²) in [6, 6.07) is 3.25. The molecule has 0 spiro atoms. The maximum absolute atomic E-state index is 13.9. The van der Waals surface area contributed by atoms with Gasteiger partial charge in [0.1, 0.15) is 17.2 Å². The van der Waals surface area contributed by atoms with Gasteiger partial charge in [0, 0.05) is 12.3 Å². The Morgan fingerprint density at radius 3 is 2.67 bits per heavy atom. The second kappa shape index (κ2) is 5.60. The van der Waals surface area contributed by atoms with E-state index in [0.717, 1.165) is 23.9 Å². The third kappa shape index (κ3) is 2.64. The Morgan fingerprint density at radius 2 is 2.10 bits per heavy atom. The van der Waals surface area contributed by atoms with Gasteiger partial charge in [-0.15, -0.1) is 0 Å². The van der Waals surface area contributed by atoms with E-state index in [9.17, 15) is 23.7 Å². The number of nitro benzene ring substituents is 1. The molecule has 110 valence electrons. The average Bonchev–Trinajstić information content (AvgIpc) is 2.82. The van der Waals surface area contributed by atoms with Crippen molar-refractivity contribution in [1.29, 1.82) is 0 Å². The van der Waals surface area contributed by atoms with Gasteiger partial charge in [-0.2, -0.15) is 4.39 Å². The summed E-state index contributed by atoms with van der Waals surface area (Å²) in [5.74, 6) is -2.84. The molecule has 2 aromatic rings. The SMILES string of the molecule is COC(=O)c1cc(F)cn1-c1ccc(Br)c(F)c1[N+](=O)[O-]. The number of carbonyl (C=O) groups is 1. The topological polar surface area (TPSA) is 74.4 Å². The molecule has 0 atom stereocenters. The van der Waals surface area contributed by atoms with E-state index < -0.39 is 28.2 Å². The second-order valence-corrected chi connectivity index (χ2v) is 4.75. The van der Waals surface area contributed by atoms with Crippen molar-refractivity contribution in [3.63, 3.8) is 0 Å². The molecule has 21 heavy (non-hydrogen) atoms. The van der Waals surface area contributed by atoms with Crippen LogP contribution in [0.15, 0.2) is 28.9 Å². The minimum absolute atomic E-state index is 0.120. The summed E-state index contributed by atoms with van der Waals surface area (Å²) in [5.41, 5.74) is -1.46. The Labute approximate surface area is 125 Å². The van der Waals surface area contributed by atoms with Crippen LogP contribution in [-0.4, -0.2) is 22.6 Å². The normalized spacial score (nSPS) is 10.5. The van der Waals surface area contributed by atoms with E-state index in [2.05, 4.69) is 20.7 Å². The van der Waals surface area contributed by atoms with Gasteiger partial charge in [0.2, 0.25) is 5.82 Å². The zero-order valence-corrected chi connectivity index (χ0v) is 12.1. The molecule has 2 rings (SSSR count). The first-order chi connectivity index (χ1) is 9.86. The van der Waals surface area contributed by atoms with Gasteiger partial charge in [-0.25, -0.2) is 9.18 Å². The molecule has 1 aromatic heterocycles. The molecule has 0 unspecified atom stereocenters. The predicted molar refractivity (Wildman–Crippen MR) is 71.4 cm³/mol. The molecule has 0 saturated carbocycles. The summed E-state index contributed by atoms with van der Waals surface area (Å²) < 4.78 is 32.5. The number of nitrogens with zero attached hydrogens (tertiary/aromatic N) is 2. The first-order valence-corrected chi connectivity index (χ1v) is 6.25. The highest BCUT2D eigenvalue weighted by Crippen LogP contribution is 2.32. The van der Waals surface area contributed by atoms with E-state index in [1.165, 1.54) is 12.1 Å². The summed E-state index contributed by atoms with van der Waals surface area (Å²) in [6.07, 6.45) is 0.835. The number of ether oxygens (including phenoxy) is 1. The number of benzene rings is 1. The maximum atomic E-state index is 13.9. The molecule has 0 amide bonds. The molecule has 0 bridgehead atoms. The smallest absolute Gasteiger partial charge is 0.355 e. The quantitative estimate of drug-likeness (QED) is 0.478. The molecular weight excluding hydrogens is 354 g/mol. The number of hydrogen-bond donors (Lipinski definition) is 0. The Morgan fingerprint density at radius 1 is 1.43 bits per heavy atom. The van der Waals surface area contributed by atoms with E-state index in [0.29, 0.717) is 0 Å². The summed E-state index contributed by atoms with van der Waals surface area (Å²) >= 11 is 2.83. The van der Waals surface area contributed by atoms with Crippen LogP contribution in [0.2, 0.25) is 0 Å². The van der Waals surface area contributed by atoms with Crippen molar-refractivity contribution in [3.8, 4) is 5.69 Å². The number of aromatic nitrogens is 1. The number of halogens is 3. The van der Waals surface area contributed by atoms with Crippen LogP contribution >= 0.6 is 15.9 Å². The van der Waals surface area contributed by atoms with Crippen LogP contribution in [0.1, 0.15) is 10.5 Å². The fourth-order valence-corrected chi connectivity index (χ4v) is 2.11. The van der Waals surface area contributed by atoms with Crippen molar-refractivity contribution in [2.24, 2.45) is 0 Å². The number of hydrogen-bond acceptors (Lipinski definition) is 4. The van der Waals surface area contributed by atoms with Crippen molar-refractivity contribution in [2.75, 3.05) is 7.11 Å². The van der Waals surface area contributed by atoms with Crippen molar-refractivity contribution in [1.82, 2.24) is 4.57 Å². The van der Waals surface area contributed by atoms with E-state index in [1.54, 1.807) is 0 Å². The van der Waals surface area contributed by atoms with Crippen LogP contribution in [0, 0.1) is 21.7 Å². The van der Waals surface area contributed by atoms with Gasteiger partial charge in [-0.3, -0.25) is 10.1 Å². The highest BCUT2D eigenvalue weighted by molar-refractivity contribution is 9.10. The lowest BCUT2D eigenvalue weighted by atomic mass is 10.2. The monoisotopic (exact) mass is 360 g/mol. The van der Waals surface area contributed by atoms with Crippen LogP contribution in [0.5, 0.6) is 0 Å². The Balaban J connectivity index is 2.76. The molecule has 0 N–H and O–H groups in total. The largest absolute Gasteiger partial charge is 0.464 e. The predicted octanol–water partition coefficient (Wildman–Crippen LogP) is 3.21. The van der Waals surface area contributed by atoms with Gasteiger partial charge in [-0.05, 0) is 28.1 Å². The highest BCUT2D eigenvalue weighted by Gasteiger charge is 2.27. The molecule has 9 heteroatoms. The summed E-state index contributed by atoms with van der Waals surface area (Å²) in [7, 11) is 1.08. The Hall–Kier alpha value is -2.29. The minimum atomic E-state index is -1.12. The van der Waals surface area contributed by atoms with Gasteiger partial charge in [-0.1, -0.05) is 0 Å². The van der Waals surface area contributed by atoms with Crippen LogP contribution in [0.4, 0.5) is 14.5 Å². The third-order valence-corrected chi connectivity index (χ3v) is 3.28. The second-order valence-electron chi connectivity index (χ2n) is 3.89. The van der Waals surface area contributed by atoms with E-state index >= 15 is 0 Å². The lowest BCUT2D eigenvalue weighted by Crippen LogP contribution is -2.10. The van der Waals surface area contributed by atoms with Gasteiger partial charge >= 0.3 is 11.7 Å². The molecule has 1 aromatic carbocycles. The molecule has 0 radical (unpaired) electrons. The number of nitro groups is 1. The van der Waals surface area contributed by atoms with Gasteiger partial charge in [0.15, 0.2) is 0 Å². The van der Waals surface area contributed by atoms with E-state index in [4.69, 9.17) is 0 Å². The van der Waals surface area contributed by atoms with Crippen LogP contribution < -0.4 is 0 Å². The molecule has 0 aliphatic carbocycles. The molecule has 0 saturated heterocycles. The molecule has 1 heterocycles. The maximum Gasteiger partial charge on any atom is 0.355 e. The van der Waals surface area contributed by atoms with Crippen molar-refractivity contribution < 1.29 is 23.2 Å². The Kier molecular flexibility index (Phi) is 4.03. The summed E-state index contributed by atoms with van der Waals surface area (Å²) in [5, 5.41) is 11.0. The number of methoxy groups -OCH3 is 1. The molecular formula is C12H7BrF2N2O4. The lowest BCUT2D eigenvalue weighted by Gasteiger charge is -2.09. The third-order valence-electron chi connectivity index (χ3n) is 2.67. The fourth-order valence-electron chi connectivity index (χ4n) is 1.79. The first-order valence-electron chi connectivity index (χ1n) is 5.45. The number of rotatable bonds is 3. The van der Waals surface area contributed by atoms with Gasteiger partial charge in [0.25, 0.3) is 0 Å². The zero-order valence-electron chi connectivity index (χ0n) is 10.5. The number of carbonyl (C=O) groups excluding carboxylic acids is 1. The fraction of sp³-hybridized carbons (Fsp3) is 0.0833. The highest BCUT2D eigenvalue weighted by atomic mass is 79.9.